The van der Waals surface area contributed by atoms with Crippen molar-refractivity contribution in [2.24, 2.45) is 0 Å². The van der Waals surface area contributed by atoms with Gasteiger partial charge in [0.25, 0.3) is 5.91 Å². The molecule has 5 heteroatoms. The summed E-state index contributed by atoms with van der Waals surface area (Å²) in [7, 11) is 4.03. The minimum absolute atomic E-state index is 0.0103. The van der Waals surface area contributed by atoms with Gasteiger partial charge in [-0.25, -0.2) is 4.98 Å². The Morgan fingerprint density at radius 3 is 2.32 bits per heavy atom. The molecule has 4 nitrogen and oxygen atoms in total. The molecule has 158 valence electrons. The van der Waals surface area contributed by atoms with E-state index in [1.807, 2.05) is 55.4 Å². The molecule has 1 heterocycles. The van der Waals surface area contributed by atoms with Crippen LogP contribution in [0.15, 0.2) is 72.8 Å². The number of benzene rings is 3. The highest BCUT2D eigenvalue weighted by Gasteiger charge is 2.21. The number of hydrogen-bond acceptors (Lipinski definition) is 4. The van der Waals surface area contributed by atoms with Crippen molar-refractivity contribution in [3.05, 3.63) is 95.1 Å². The van der Waals surface area contributed by atoms with Gasteiger partial charge in [-0.3, -0.25) is 9.69 Å². The molecule has 0 atom stereocenters. The molecule has 0 N–H and O–H groups in total. The first-order valence-corrected chi connectivity index (χ1v) is 11.3. The van der Waals surface area contributed by atoms with Crippen molar-refractivity contribution >= 4 is 32.6 Å². The zero-order chi connectivity index (χ0) is 21.8. The summed E-state index contributed by atoms with van der Waals surface area (Å²) in [5, 5.41) is 0.751. The van der Waals surface area contributed by atoms with Crippen LogP contribution < -0.4 is 4.90 Å². The summed E-state index contributed by atoms with van der Waals surface area (Å²) in [6.45, 7) is 3.44. The average molecular weight is 430 g/mol. The normalized spacial score (nSPS) is 11.2. The smallest absolute Gasteiger partial charge is 0.260 e. The third-order valence-electron chi connectivity index (χ3n) is 5.23. The Hall–Kier alpha value is -3.02. The van der Waals surface area contributed by atoms with Crippen LogP contribution in [-0.4, -0.2) is 43.0 Å². The first kappa shape index (κ1) is 21.2. The lowest BCUT2D eigenvalue weighted by molar-refractivity contribution is 0.0985. The predicted octanol–water partition coefficient (Wildman–Crippen LogP) is 5.40. The van der Waals surface area contributed by atoms with Gasteiger partial charge in [-0.1, -0.05) is 59.9 Å². The number of fused-ring (bicyclic) bond motifs is 1. The maximum absolute atomic E-state index is 13.4. The van der Waals surface area contributed by atoms with E-state index in [9.17, 15) is 4.79 Å². The van der Waals surface area contributed by atoms with Crippen LogP contribution in [0.1, 0.15) is 27.0 Å². The molecule has 0 saturated carbocycles. The van der Waals surface area contributed by atoms with Crippen molar-refractivity contribution in [3.8, 4) is 0 Å². The van der Waals surface area contributed by atoms with Gasteiger partial charge >= 0.3 is 0 Å². The number of carbonyl (C=O) groups is 1. The largest absolute Gasteiger partial charge is 0.308 e. The molecule has 3 aromatic carbocycles. The first-order valence-electron chi connectivity index (χ1n) is 10.5. The van der Waals surface area contributed by atoms with Crippen molar-refractivity contribution in [2.45, 2.75) is 13.3 Å². The van der Waals surface area contributed by atoms with Crippen molar-refractivity contribution < 1.29 is 4.79 Å². The minimum atomic E-state index is -0.0103. The molecule has 31 heavy (non-hydrogen) atoms. The van der Waals surface area contributed by atoms with Gasteiger partial charge in [0.2, 0.25) is 0 Å². The van der Waals surface area contributed by atoms with Crippen LogP contribution in [-0.2, 0) is 6.42 Å². The fourth-order valence-electron chi connectivity index (χ4n) is 3.47. The minimum Gasteiger partial charge on any atom is -0.308 e. The molecule has 0 spiro atoms. The van der Waals surface area contributed by atoms with E-state index in [1.54, 1.807) is 11.3 Å². The van der Waals surface area contributed by atoms with Gasteiger partial charge in [-0.05, 0) is 68.4 Å². The number of thiazole rings is 1. The molecule has 1 aromatic heterocycles. The Morgan fingerprint density at radius 2 is 1.61 bits per heavy atom. The van der Waals surface area contributed by atoms with E-state index in [0.717, 1.165) is 28.3 Å². The van der Waals surface area contributed by atoms with Gasteiger partial charge in [0.1, 0.15) is 0 Å². The van der Waals surface area contributed by atoms with Crippen LogP contribution in [0.5, 0.6) is 0 Å². The van der Waals surface area contributed by atoms with Crippen LogP contribution in [0.3, 0.4) is 0 Å². The van der Waals surface area contributed by atoms with E-state index in [2.05, 4.69) is 48.2 Å². The number of hydrogen-bond donors (Lipinski definition) is 0. The molecule has 0 unspecified atom stereocenters. The summed E-state index contributed by atoms with van der Waals surface area (Å²) in [5.74, 6) is -0.0103. The van der Waals surface area contributed by atoms with Gasteiger partial charge in [0.05, 0.1) is 10.2 Å². The average Bonchev–Trinajstić information content (AvgIpc) is 3.17. The number of anilines is 1. The molecular formula is C26H27N3OS. The zero-order valence-electron chi connectivity index (χ0n) is 18.2. The van der Waals surface area contributed by atoms with E-state index in [1.165, 1.54) is 16.7 Å². The summed E-state index contributed by atoms with van der Waals surface area (Å²) >= 11 is 1.57. The monoisotopic (exact) mass is 429 g/mol. The van der Waals surface area contributed by atoms with Gasteiger partial charge in [0.15, 0.2) is 5.13 Å². The van der Waals surface area contributed by atoms with Gasteiger partial charge < -0.3 is 4.90 Å². The van der Waals surface area contributed by atoms with Crippen molar-refractivity contribution in [1.82, 2.24) is 9.88 Å². The fourth-order valence-corrected chi connectivity index (χ4v) is 4.56. The quantitative estimate of drug-likeness (QED) is 0.394. The van der Waals surface area contributed by atoms with Crippen LogP contribution in [0, 0.1) is 6.92 Å². The molecule has 0 radical (unpaired) electrons. The highest BCUT2D eigenvalue weighted by Crippen LogP contribution is 2.30. The molecule has 0 aliphatic rings. The number of aromatic nitrogens is 1. The zero-order valence-corrected chi connectivity index (χ0v) is 19.0. The fraction of sp³-hybridized carbons (Fsp3) is 0.231. The molecular weight excluding hydrogens is 402 g/mol. The SMILES string of the molecule is Cc1ccc2nc(N(CCN(C)C)C(=O)c3ccc(Cc4ccccc4)cc3)sc2c1. The molecule has 0 aliphatic heterocycles. The number of amides is 1. The first-order chi connectivity index (χ1) is 15.0. The lowest BCUT2D eigenvalue weighted by Gasteiger charge is -2.22. The van der Waals surface area contributed by atoms with Gasteiger partial charge in [-0.2, -0.15) is 0 Å². The maximum Gasteiger partial charge on any atom is 0.260 e. The summed E-state index contributed by atoms with van der Waals surface area (Å²) in [6, 6.07) is 24.5. The third-order valence-corrected chi connectivity index (χ3v) is 6.27. The van der Waals surface area contributed by atoms with E-state index in [0.29, 0.717) is 12.1 Å². The van der Waals surface area contributed by atoms with Gasteiger partial charge in [0, 0.05) is 18.7 Å². The van der Waals surface area contributed by atoms with Crippen molar-refractivity contribution in [1.29, 1.82) is 0 Å². The second-order valence-corrected chi connectivity index (χ2v) is 9.10. The second-order valence-electron chi connectivity index (χ2n) is 8.09. The van der Waals surface area contributed by atoms with Crippen LogP contribution >= 0.6 is 11.3 Å². The highest BCUT2D eigenvalue weighted by atomic mass is 32.1. The highest BCUT2D eigenvalue weighted by molar-refractivity contribution is 7.22. The molecule has 1 amide bonds. The van der Waals surface area contributed by atoms with Crippen molar-refractivity contribution in [3.63, 3.8) is 0 Å². The summed E-state index contributed by atoms with van der Waals surface area (Å²) in [6.07, 6.45) is 0.858. The number of aryl methyl sites for hydroxylation is 1. The lowest BCUT2D eigenvalue weighted by atomic mass is 10.0. The van der Waals surface area contributed by atoms with Crippen LogP contribution in [0.2, 0.25) is 0 Å². The van der Waals surface area contributed by atoms with Crippen LogP contribution in [0.25, 0.3) is 10.2 Å². The van der Waals surface area contributed by atoms with Gasteiger partial charge in [-0.15, -0.1) is 0 Å². The summed E-state index contributed by atoms with van der Waals surface area (Å²) < 4.78 is 1.11. The number of nitrogens with zero attached hydrogens (tertiary/aromatic N) is 3. The molecule has 4 aromatic rings. The topological polar surface area (TPSA) is 36.4 Å². The standard InChI is InChI=1S/C26H27N3OS/c1-19-9-14-23-24(17-19)31-26(27-23)29(16-15-28(2)3)25(30)22-12-10-21(11-13-22)18-20-7-5-4-6-8-20/h4-14,17H,15-16,18H2,1-3H3. The summed E-state index contributed by atoms with van der Waals surface area (Å²) in [5.41, 5.74) is 5.28. The van der Waals surface area contributed by atoms with E-state index < -0.39 is 0 Å². The number of likely N-dealkylation sites (N-methyl/N-ethyl adjacent to an activating group) is 1. The Labute approximate surface area is 187 Å². The Balaban J connectivity index is 1.59. The number of rotatable bonds is 7. The van der Waals surface area contributed by atoms with Crippen molar-refractivity contribution in [2.75, 3.05) is 32.1 Å². The molecule has 0 fully saturated rings. The Kier molecular flexibility index (Phi) is 6.44. The van der Waals surface area contributed by atoms with Crippen LogP contribution in [0.4, 0.5) is 5.13 Å². The summed E-state index contributed by atoms with van der Waals surface area (Å²) in [4.78, 5) is 22.1. The number of carbonyl (C=O) groups excluding carboxylic acids is 1. The maximum atomic E-state index is 13.4. The van der Waals surface area contributed by atoms with E-state index >= 15 is 0 Å². The molecule has 0 saturated heterocycles. The van der Waals surface area contributed by atoms with E-state index in [-0.39, 0.29) is 5.91 Å². The Morgan fingerprint density at radius 1 is 0.903 bits per heavy atom. The second kappa shape index (κ2) is 9.41. The van der Waals surface area contributed by atoms with E-state index in [4.69, 9.17) is 4.98 Å². The third kappa shape index (κ3) is 5.19. The Bertz CT molecular complexity index is 1170. The predicted molar refractivity (Wildman–Crippen MR) is 130 cm³/mol. The molecule has 0 bridgehead atoms. The lowest BCUT2D eigenvalue weighted by Crippen LogP contribution is -2.36. The molecule has 4 rings (SSSR count). The molecule has 0 aliphatic carbocycles.